The zero-order chi connectivity index (χ0) is 26.6. The highest BCUT2D eigenvalue weighted by Crippen LogP contribution is 2.31. The first-order valence-corrected chi connectivity index (χ1v) is 13.0. The van der Waals surface area contributed by atoms with Gasteiger partial charge in [-0.1, -0.05) is 24.3 Å². The molecular weight excluding hydrogens is 473 g/mol. The minimum Gasteiger partial charge on any atom is -0.495 e. The number of hydrogen-bond donors (Lipinski definition) is 1. The zero-order valence-corrected chi connectivity index (χ0v) is 22.1. The Labute approximate surface area is 207 Å². The Bertz CT molecular complexity index is 1180. The molecule has 0 unspecified atom stereocenters. The van der Waals surface area contributed by atoms with Crippen LogP contribution in [0.5, 0.6) is 5.75 Å². The van der Waals surface area contributed by atoms with E-state index in [1.165, 1.54) is 37.1 Å². The minimum absolute atomic E-state index is 0.195. The second-order valence-electron chi connectivity index (χ2n) is 9.47. The van der Waals surface area contributed by atoms with Crippen LogP contribution in [0.2, 0.25) is 0 Å². The molecule has 2 amide bonds. The molecule has 0 aliphatic heterocycles. The number of aryl methyl sites for hydroxylation is 1. The fourth-order valence-electron chi connectivity index (χ4n) is 3.46. The molecule has 2 aromatic rings. The minimum atomic E-state index is -3.92. The highest BCUT2D eigenvalue weighted by Gasteiger charge is 2.32. The standard InChI is InChI=1S/C25H34FN3O5S/c1-17-12-13-22(34-6)21(14-17)29(35(7,32)33)16-23(30)28(15-19-10-8-9-11-20(19)26)18(2)24(31)27-25(3,4)5/h8-14,18H,15-16H2,1-7H3,(H,27,31)/t18-/m1/s1. The molecule has 1 atom stereocenters. The SMILES string of the molecule is COc1ccc(C)cc1N(CC(=O)N(Cc1ccccc1F)[C@H](C)C(=O)NC(C)(C)C)S(C)(=O)=O. The molecule has 192 valence electrons. The second kappa shape index (κ2) is 11.1. The van der Waals surface area contributed by atoms with Crippen LogP contribution >= 0.6 is 0 Å². The smallest absolute Gasteiger partial charge is 0.244 e. The number of ether oxygens (including phenoxy) is 1. The zero-order valence-electron chi connectivity index (χ0n) is 21.3. The highest BCUT2D eigenvalue weighted by atomic mass is 32.2. The van der Waals surface area contributed by atoms with Gasteiger partial charge in [0.2, 0.25) is 21.8 Å². The molecule has 0 bridgehead atoms. The van der Waals surface area contributed by atoms with Crippen LogP contribution in [0.15, 0.2) is 42.5 Å². The predicted octanol–water partition coefficient (Wildman–Crippen LogP) is 3.24. The summed E-state index contributed by atoms with van der Waals surface area (Å²) < 4.78 is 46.2. The first-order valence-electron chi connectivity index (χ1n) is 11.1. The molecule has 1 N–H and O–H groups in total. The Kier molecular flexibility index (Phi) is 8.89. The van der Waals surface area contributed by atoms with Crippen molar-refractivity contribution < 1.29 is 27.1 Å². The molecular formula is C25H34FN3O5S. The summed E-state index contributed by atoms with van der Waals surface area (Å²) >= 11 is 0. The average molecular weight is 508 g/mol. The molecule has 0 aliphatic rings. The van der Waals surface area contributed by atoms with Gasteiger partial charge in [-0.15, -0.1) is 0 Å². The summed E-state index contributed by atoms with van der Waals surface area (Å²) in [6.45, 7) is 7.90. The van der Waals surface area contributed by atoms with Crippen LogP contribution < -0.4 is 14.4 Å². The third-order valence-corrected chi connectivity index (χ3v) is 6.37. The van der Waals surface area contributed by atoms with Crippen LogP contribution in [-0.2, 0) is 26.2 Å². The van der Waals surface area contributed by atoms with Crippen LogP contribution in [-0.4, -0.2) is 56.6 Å². The number of methoxy groups -OCH3 is 1. The van der Waals surface area contributed by atoms with Crippen molar-refractivity contribution in [3.63, 3.8) is 0 Å². The lowest BCUT2D eigenvalue weighted by atomic mass is 10.1. The van der Waals surface area contributed by atoms with Crippen molar-refractivity contribution in [3.05, 3.63) is 59.4 Å². The number of benzene rings is 2. The van der Waals surface area contributed by atoms with Gasteiger partial charge in [0.1, 0.15) is 24.2 Å². The van der Waals surface area contributed by atoms with Crippen molar-refractivity contribution in [2.45, 2.75) is 52.7 Å². The third kappa shape index (κ3) is 7.68. The van der Waals surface area contributed by atoms with E-state index in [-0.39, 0.29) is 23.5 Å². The van der Waals surface area contributed by atoms with Gasteiger partial charge in [0.15, 0.2) is 0 Å². The number of halogens is 1. The molecule has 2 rings (SSSR count). The molecule has 35 heavy (non-hydrogen) atoms. The predicted molar refractivity (Wildman–Crippen MR) is 134 cm³/mol. The molecule has 0 radical (unpaired) electrons. The summed E-state index contributed by atoms with van der Waals surface area (Å²) in [5.74, 6) is -1.37. The number of hydrogen-bond acceptors (Lipinski definition) is 5. The van der Waals surface area contributed by atoms with E-state index in [0.717, 1.165) is 16.1 Å². The first kappa shape index (κ1) is 28.1. The number of sulfonamides is 1. The molecule has 10 heteroatoms. The summed E-state index contributed by atoms with van der Waals surface area (Å²) in [7, 11) is -2.52. The van der Waals surface area contributed by atoms with E-state index in [1.807, 2.05) is 0 Å². The lowest BCUT2D eigenvalue weighted by Crippen LogP contribution is -2.54. The molecule has 0 heterocycles. The molecule has 0 fully saturated rings. The molecule has 0 aromatic heterocycles. The van der Waals surface area contributed by atoms with E-state index in [0.29, 0.717) is 0 Å². The maximum Gasteiger partial charge on any atom is 0.244 e. The molecule has 0 spiro atoms. The van der Waals surface area contributed by atoms with Crippen LogP contribution in [0.4, 0.5) is 10.1 Å². The molecule has 0 aliphatic carbocycles. The van der Waals surface area contributed by atoms with Gasteiger partial charge in [0.25, 0.3) is 0 Å². The second-order valence-corrected chi connectivity index (χ2v) is 11.4. The Balaban J connectivity index is 2.49. The van der Waals surface area contributed by atoms with Crippen molar-refractivity contribution in [1.29, 1.82) is 0 Å². The lowest BCUT2D eigenvalue weighted by Gasteiger charge is -2.33. The van der Waals surface area contributed by atoms with Gasteiger partial charge in [-0.25, -0.2) is 12.8 Å². The number of nitrogens with one attached hydrogen (secondary N) is 1. The van der Waals surface area contributed by atoms with Gasteiger partial charge in [0, 0.05) is 17.6 Å². The number of anilines is 1. The van der Waals surface area contributed by atoms with Crippen molar-refractivity contribution >= 4 is 27.5 Å². The summed E-state index contributed by atoms with van der Waals surface area (Å²) in [6.07, 6.45) is 0.985. The van der Waals surface area contributed by atoms with Gasteiger partial charge in [-0.05, 0) is 58.4 Å². The van der Waals surface area contributed by atoms with Gasteiger partial charge in [0.05, 0.1) is 19.1 Å². The van der Waals surface area contributed by atoms with Crippen LogP contribution in [0.3, 0.4) is 0 Å². The Morgan fingerprint density at radius 2 is 1.77 bits per heavy atom. The lowest BCUT2D eigenvalue weighted by molar-refractivity contribution is -0.140. The average Bonchev–Trinajstić information content (AvgIpc) is 2.74. The molecule has 2 aromatic carbocycles. The van der Waals surface area contributed by atoms with Gasteiger partial charge in [-0.2, -0.15) is 0 Å². The monoisotopic (exact) mass is 507 g/mol. The van der Waals surface area contributed by atoms with Crippen molar-refractivity contribution in [2.75, 3.05) is 24.2 Å². The van der Waals surface area contributed by atoms with Crippen molar-refractivity contribution in [3.8, 4) is 5.75 Å². The van der Waals surface area contributed by atoms with Gasteiger partial charge < -0.3 is 15.0 Å². The first-order chi connectivity index (χ1) is 16.1. The fourth-order valence-corrected chi connectivity index (χ4v) is 4.30. The number of nitrogens with zero attached hydrogens (tertiary/aromatic N) is 2. The summed E-state index contributed by atoms with van der Waals surface area (Å²) in [4.78, 5) is 27.7. The quantitative estimate of drug-likeness (QED) is 0.562. The van der Waals surface area contributed by atoms with E-state index in [1.54, 1.807) is 52.0 Å². The highest BCUT2D eigenvalue weighted by molar-refractivity contribution is 7.92. The summed E-state index contributed by atoms with van der Waals surface area (Å²) in [5, 5.41) is 2.82. The van der Waals surface area contributed by atoms with E-state index >= 15 is 0 Å². The molecule has 0 saturated heterocycles. The normalized spacial score (nSPS) is 12.6. The summed E-state index contributed by atoms with van der Waals surface area (Å²) in [5.41, 5.74) is 0.602. The molecule has 0 saturated carbocycles. The van der Waals surface area contributed by atoms with Crippen LogP contribution in [0.1, 0.15) is 38.8 Å². The third-order valence-electron chi connectivity index (χ3n) is 5.25. The van der Waals surface area contributed by atoms with E-state index in [9.17, 15) is 22.4 Å². The number of amides is 2. The topological polar surface area (TPSA) is 96.0 Å². The van der Waals surface area contributed by atoms with Crippen LogP contribution in [0, 0.1) is 12.7 Å². The Morgan fingerprint density at radius 1 is 1.14 bits per heavy atom. The molecule has 8 nitrogen and oxygen atoms in total. The fraction of sp³-hybridized carbons (Fsp3) is 0.440. The van der Waals surface area contributed by atoms with Gasteiger partial charge in [-0.3, -0.25) is 13.9 Å². The maximum absolute atomic E-state index is 14.4. The maximum atomic E-state index is 14.4. The van der Waals surface area contributed by atoms with Gasteiger partial charge >= 0.3 is 0 Å². The van der Waals surface area contributed by atoms with E-state index in [4.69, 9.17) is 4.74 Å². The number of rotatable bonds is 9. The van der Waals surface area contributed by atoms with Crippen molar-refractivity contribution in [1.82, 2.24) is 10.2 Å². The summed E-state index contributed by atoms with van der Waals surface area (Å²) in [6, 6.07) is 9.90. The van der Waals surface area contributed by atoms with Crippen LogP contribution in [0.25, 0.3) is 0 Å². The largest absolute Gasteiger partial charge is 0.495 e. The van der Waals surface area contributed by atoms with E-state index < -0.39 is 45.8 Å². The van der Waals surface area contributed by atoms with Crippen molar-refractivity contribution in [2.24, 2.45) is 0 Å². The number of carbonyl (C=O) groups is 2. The van der Waals surface area contributed by atoms with E-state index in [2.05, 4.69) is 5.32 Å². The Morgan fingerprint density at radius 3 is 2.31 bits per heavy atom. The Hall–Kier alpha value is -3.14. The number of carbonyl (C=O) groups excluding carboxylic acids is 2.